The van der Waals surface area contributed by atoms with Crippen LogP contribution in [0.2, 0.25) is 0 Å². The van der Waals surface area contributed by atoms with Gasteiger partial charge in [-0.2, -0.15) is 0 Å². The minimum absolute atomic E-state index is 0.124. The molecule has 2 N–H and O–H groups in total. The number of pyridine rings is 2. The molecule has 0 radical (unpaired) electrons. The number of para-hydroxylation sites is 1. The topological polar surface area (TPSA) is 96.5 Å². The van der Waals surface area contributed by atoms with Gasteiger partial charge in [0.15, 0.2) is 5.82 Å². The zero-order valence-electron chi connectivity index (χ0n) is 13.6. The smallest absolute Gasteiger partial charge is 0.234 e. The van der Waals surface area contributed by atoms with Crippen LogP contribution in [0, 0.1) is 0 Å². The van der Waals surface area contributed by atoms with E-state index in [1.807, 2.05) is 36.4 Å². The van der Waals surface area contributed by atoms with Crippen LogP contribution in [0.15, 0.2) is 66.2 Å². The van der Waals surface area contributed by atoms with Crippen LogP contribution < -0.4 is 5.32 Å². The highest BCUT2D eigenvalue weighted by atomic mass is 32.2. The maximum Gasteiger partial charge on any atom is 0.234 e. The molecule has 26 heavy (non-hydrogen) atoms. The molecular weight excluding hydrogens is 348 g/mol. The second-order valence-corrected chi connectivity index (χ2v) is 6.36. The average molecular weight is 362 g/mol. The highest BCUT2D eigenvalue weighted by Crippen LogP contribution is 2.22. The number of aromatic nitrogens is 5. The van der Waals surface area contributed by atoms with E-state index in [0.717, 1.165) is 22.2 Å². The van der Waals surface area contributed by atoms with Gasteiger partial charge in [-0.3, -0.25) is 19.9 Å². The second kappa shape index (κ2) is 7.32. The average Bonchev–Trinajstić information content (AvgIpc) is 3.17. The number of anilines is 1. The molecule has 8 heteroatoms. The Morgan fingerprint density at radius 1 is 1.08 bits per heavy atom. The van der Waals surface area contributed by atoms with Gasteiger partial charge in [-0.15, -0.1) is 5.10 Å². The van der Waals surface area contributed by atoms with Gasteiger partial charge in [-0.25, -0.2) is 4.98 Å². The number of hydrogen-bond acceptors (Lipinski definition) is 6. The maximum absolute atomic E-state index is 12.3. The molecule has 7 nitrogen and oxygen atoms in total. The number of fused-ring (bicyclic) bond motifs is 1. The zero-order chi connectivity index (χ0) is 17.8. The molecule has 0 aliphatic carbocycles. The summed E-state index contributed by atoms with van der Waals surface area (Å²) in [6.07, 6.45) is 5.07. The van der Waals surface area contributed by atoms with Crippen LogP contribution in [-0.4, -0.2) is 36.8 Å². The summed E-state index contributed by atoms with van der Waals surface area (Å²) in [7, 11) is 0. The first-order valence-electron chi connectivity index (χ1n) is 7.89. The molecule has 1 aromatic carbocycles. The molecule has 128 valence electrons. The highest BCUT2D eigenvalue weighted by molar-refractivity contribution is 7.99. The van der Waals surface area contributed by atoms with Crippen molar-refractivity contribution in [2.24, 2.45) is 0 Å². The summed E-state index contributed by atoms with van der Waals surface area (Å²) in [4.78, 5) is 24.9. The second-order valence-electron chi connectivity index (χ2n) is 5.41. The molecule has 0 aliphatic rings. The van der Waals surface area contributed by atoms with E-state index in [9.17, 15) is 4.79 Å². The van der Waals surface area contributed by atoms with Gasteiger partial charge in [0, 0.05) is 29.5 Å². The monoisotopic (exact) mass is 362 g/mol. The molecule has 0 aliphatic heterocycles. The number of carbonyl (C=O) groups is 1. The number of benzene rings is 1. The fourth-order valence-corrected chi connectivity index (χ4v) is 3.07. The third-order valence-corrected chi connectivity index (χ3v) is 4.52. The van der Waals surface area contributed by atoms with E-state index in [1.54, 1.807) is 24.7 Å². The van der Waals surface area contributed by atoms with E-state index in [4.69, 9.17) is 0 Å². The van der Waals surface area contributed by atoms with Crippen LogP contribution >= 0.6 is 11.8 Å². The number of nitrogens with zero attached hydrogens (tertiary/aromatic N) is 4. The number of H-pyrrole nitrogens is 1. The maximum atomic E-state index is 12.3. The summed E-state index contributed by atoms with van der Waals surface area (Å²) < 4.78 is 0. The lowest BCUT2D eigenvalue weighted by atomic mass is 10.2. The predicted octanol–water partition coefficient (Wildman–Crippen LogP) is 3.15. The summed E-state index contributed by atoms with van der Waals surface area (Å²) in [5.41, 5.74) is 2.48. The number of rotatable bonds is 5. The number of thioether (sulfide) groups is 1. The first-order chi connectivity index (χ1) is 12.8. The van der Waals surface area contributed by atoms with E-state index in [0.29, 0.717) is 11.0 Å². The number of nitrogens with one attached hydrogen (secondary N) is 2. The predicted molar refractivity (Wildman–Crippen MR) is 101 cm³/mol. The lowest BCUT2D eigenvalue weighted by Crippen LogP contribution is -2.14. The molecule has 4 rings (SSSR count). The van der Waals surface area contributed by atoms with Crippen LogP contribution in [0.25, 0.3) is 22.3 Å². The summed E-state index contributed by atoms with van der Waals surface area (Å²) in [6.45, 7) is 0. The molecule has 4 aromatic rings. The fraction of sp³-hybridized carbons (Fsp3) is 0.0556. The van der Waals surface area contributed by atoms with E-state index in [1.165, 1.54) is 11.8 Å². The summed E-state index contributed by atoms with van der Waals surface area (Å²) in [5.74, 6) is 0.738. The zero-order valence-corrected chi connectivity index (χ0v) is 14.4. The Morgan fingerprint density at radius 2 is 1.92 bits per heavy atom. The van der Waals surface area contributed by atoms with Crippen LogP contribution in [0.4, 0.5) is 5.69 Å². The first-order valence-corrected chi connectivity index (χ1v) is 8.87. The normalized spacial score (nSPS) is 10.8. The number of carbonyl (C=O) groups excluding carboxylic acids is 1. The van der Waals surface area contributed by atoms with Crippen molar-refractivity contribution >= 4 is 34.3 Å². The molecule has 0 saturated heterocycles. The van der Waals surface area contributed by atoms with Gasteiger partial charge < -0.3 is 5.32 Å². The van der Waals surface area contributed by atoms with Crippen molar-refractivity contribution in [1.29, 1.82) is 0 Å². The van der Waals surface area contributed by atoms with E-state index >= 15 is 0 Å². The quantitative estimate of drug-likeness (QED) is 0.530. The largest absolute Gasteiger partial charge is 0.325 e. The molecule has 0 bridgehead atoms. The minimum atomic E-state index is -0.124. The van der Waals surface area contributed by atoms with Crippen LogP contribution in [0.5, 0.6) is 0 Å². The van der Waals surface area contributed by atoms with Crippen LogP contribution in [0.1, 0.15) is 0 Å². The van der Waals surface area contributed by atoms with E-state index < -0.39 is 0 Å². The van der Waals surface area contributed by atoms with Crippen molar-refractivity contribution in [1.82, 2.24) is 25.1 Å². The van der Waals surface area contributed by atoms with Crippen molar-refractivity contribution < 1.29 is 4.79 Å². The van der Waals surface area contributed by atoms with Gasteiger partial charge in [0.25, 0.3) is 0 Å². The Morgan fingerprint density at radius 3 is 2.81 bits per heavy atom. The Balaban J connectivity index is 1.41. The van der Waals surface area contributed by atoms with Crippen molar-refractivity contribution in [3.63, 3.8) is 0 Å². The Labute approximate surface area is 153 Å². The lowest BCUT2D eigenvalue weighted by molar-refractivity contribution is -0.113. The summed E-state index contributed by atoms with van der Waals surface area (Å²) in [5, 5.41) is 11.4. The van der Waals surface area contributed by atoms with Gasteiger partial charge in [0.1, 0.15) is 0 Å². The summed E-state index contributed by atoms with van der Waals surface area (Å²) >= 11 is 1.27. The van der Waals surface area contributed by atoms with E-state index in [2.05, 4.69) is 30.5 Å². The fourth-order valence-electron chi connectivity index (χ4n) is 2.47. The van der Waals surface area contributed by atoms with Crippen LogP contribution in [-0.2, 0) is 4.79 Å². The first kappa shape index (κ1) is 16.2. The van der Waals surface area contributed by atoms with Crippen molar-refractivity contribution in [2.45, 2.75) is 5.16 Å². The molecular formula is C18H14N6OS. The molecule has 3 aromatic heterocycles. The Hall–Kier alpha value is -3.26. The molecule has 0 atom stereocenters. The lowest BCUT2D eigenvalue weighted by Gasteiger charge is -2.07. The Kier molecular flexibility index (Phi) is 4.57. The SMILES string of the molecule is O=C(CSc1n[nH]c(-c2ccncc2)n1)Nc1ccnc2ccccc12. The third kappa shape index (κ3) is 3.55. The molecule has 0 spiro atoms. The molecule has 0 unspecified atom stereocenters. The van der Waals surface area contributed by atoms with E-state index in [-0.39, 0.29) is 11.7 Å². The molecule has 0 saturated carbocycles. The van der Waals surface area contributed by atoms with Gasteiger partial charge >= 0.3 is 0 Å². The standard InChI is InChI=1S/C18H14N6OS/c25-16(21-15-7-10-20-14-4-2-1-3-13(14)15)11-26-18-22-17(23-24-18)12-5-8-19-9-6-12/h1-10H,11H2,(H,20,21,25)(H,22,23,24). The highest BCUT2D eigenvalue weighted by Gasteiger charge is 2.10. The van der Waals surface area contributed by atoms with Crippen molar-refractivity contribution in [3.05, 3.63) is 61.1 Å². The third-order valence-electron chi connectivity index (χ3n) is 3.67. The van der Waals surface area contributed by atoms with Gasteiger partial charge in [-0.05, 0) is 24.3 Å². The molecule has 3 heterocycles. The number of amides is 1. The van der Waals surface area contributed by atoms with Crippen molar-refractivity contribution in [3.8, 4) is 11.4 Å². The number of hydrogen-bond donors (Lipinski definition) is 2. The van der Waals surface area contributed by atoms with Gasteiger partial charge in [-0.1, -0.05) is 30.0 Å². The van der Waals surface area contributed by atoms with Gasteiger partial charge in [0.05, 0.1) is 17.0 Å². The van der Waals surface area contributed by atoms with Crippen LogP contribution in [0.3, 0.4) is 0 Å². The number of aromatic amines is 1. The summed E-state index contributed by atoms with van der Waals surface area (Å²) in [6, 6.07) is 13.2. The minimum Gasteiger partial charge on any atom is -0.325 e. The molecule has 0 fully saturated rings. The van der Waals surface area contributed by atoms with Gasteiger partial charge in [0.2, 0.25) is 11.1 Å². The Bertz CT molecular complexity index is 1040. The van der Waals surface area contributed by atoms with Crippen molar-refractivity contribution in [2.75, 3.05) is 11.1 Å². The molecule has 1 amide bonds.